The van der Waals surface area contributed by atoms with Crippen molar-refractivity contribution in [1.82, 2.24) is 0 Å². The van der Waals surface area contributed by atoms with E-state index in [2.05, 4.69) is 225 Å². The van der Waals surface area contributed by atoms with Crippen molar-refractivity contribution in [3.8, 4) is 44.5 Å². The number of hydrogen-bond donors (Lipinski definition) is 0. The molecule has 0 unspecified atom stereocenters. The van der Waals surface area contributed by atoms with Crippen LogP contribution in [0.2, 0.25) is 0 Å². The second-order valence-corrected chi connectivity index (χ2v) is 19.1. The molecule has 2 fully saturated rings. The predicted octanol–water partition coefficient (Wildman–Crippen LogP) is 18.8. The molecule has 0 bridgehead atoms. The zero-order chi connectivity index (χ0) is 45.6. The average molecular weight is 993 g/mol. The van der Waals surface area contributed by atoms with Crippen molar-refractivity contribution in [2.24, 2.45) is 11.8 Å². The third-order valence-electron chi connectivity index (χ3n) is 14.7. The Morgan fingerprint density at radius 3 is 0.886 bits per heavy atom. The first-order valence-corrected chi connectivity index (χ1v) is 28.5. The van der Waals surface area contributed by atoms with Crippen molar-refractivity contribution >= 4 is 71.5 Å². The third kappa shape index (κ3) is 9.09. The normalized spacial score (nSPS) is 13.1. The van der Waals surface area contributed by atoms with Crippen LogP contribution in [0, 0.1) is 26.7 Å². The van der Waals surface area contributed by atoms with Crippen LogP contribution < -0.4 is 0 Å². The minimum Gasteiger partial charge on any atom is -0.164 e. The van der Waals surface area contributed by atoms with Gasteiger partial charge in [0.05, 0.1) is 0 Å². The Kier molecular flexibility index (Phi) is 13.8. The maximum atomic E-state index is 3.06. The molecule has 2 saturated carbocycles. The molecule has 0 spiro atoms. The molecule has 14 rings (SSSR count). The molecule has 0 saturated heterocycles. The minimum absolute atomic E-state index is 0. The molecule has 0 heterocycles. The number of rotatable bonds is 8. The van der Waals surface area contributed by atoms with Gasteiger partial charge in [0, 0.05) is 0 Å². The maximum Gasteiger partial charge on any atom is -0.0114 e. The topological polar surface area (TPSA) is 0 Å². The summed E-state index contributed by atoms with van der Waals surface area (Å²) >= 11 is 1.36. The Balaban J connectivity index is 0.000000152. The van der Waals surface area contributed by atoms with E-state index >= 15 is 0 Å². The summed E-state index contributed by atoms with van der Waals surface area (Å²) in [5.41, 5.74) is 13.6. The summed E-state index contributed by atoms with van der Waals surface area (Å²) in [6.45, 7) is 3.06. The fourth-order valence-corrected chi connectivity index (χ4v) is 11.0. The van der Waals surface area contributed by atoms with Crippen LogP contribution in [0.25, 0.3) is 109 Å². The molecule has 0 amide bonds. The van der Waals surface area contributed by atoms with Crippen LogP contribution in [0.5, 0.6) is 0 Å². The van der Waals surface area contributed by atoms with Crippen LogP contribution in [0.3, 0.4) is 0 Å². The zero-order valence-electron chi connectivity index (χ0n) is 40.2. The third-order valence-corrected chi connectivity index (χ3v) is 14.7. The van der Waals surface area contributed by atoms with E-state index in [1.807, 2.05) is 0 Å². The summed E-state index contributed by atoms with van der Waals surface area (Å²) in [4.78, 5) is 0. The van der Waals surface area contributed by atoms with E-state index in [4.69, 9.17) is 0 Å². The van der Waals surface area contributed by atoms with Gasteiger partial charge in [-0.25, -0.2) is 0 Å². The fourth-order valence-electron chi connectivity index (χ4n) is 11.0. The van der Waals surface area contributed by atoms with E-state index in [9.17, 15) is 0 Å². The molecule has 340 valence electrons. The van der Waals surface area contributed by atoms with E-state index in [-0.39, 0.29) is 14.9 Å². The Morgan fingerprint density at radius 1 is 0.314 bits per heavy atom. The Hall–Kier alpha value is -6.44. The predicted molar refractivity (Wildman–Crippen MR) is 302 cm³/mol. The maximum absolute atomic E-state index is 3.06. The molecule has 0 aromatic heterocycles. The SMILES string of the molecule is [CH3-].[CH3-].[Si]=[Zr].c1ccc2c(-c3ccc(-c4cccc5ccccc45)c4[cH-]c(CC5CC5)cc34)cccc2c1.c1ccc2c(-c3ccc(-c4cccc5ccccc45)c4[cH-]c(CC5CC5)cc34)cccc2c1. The number of fused-ring (bicyclic) bond motifs is 6. The van der Waals surface area contributed by atoms with Crippen LogP contribution in [-0.2, 0) is 36.2 Å². The quantitative estimate of drug-likeness (QED) is 0.105. The van der Waals surface area contributed by atoms with E-state index in [1.54, 1.807) is 0 Å². The smallest absolute Gasteiger partial charge is 0.0114 e. The molecule has 12 aromatic rings. The fraction of sp³-hybridized carbons (Fsp3) is 0.118. The van der Waals surface area contributed by atoms with Crippen molar-refractivity contribution in [2.45, 2.75) is 38.5 Å². The summed E-state index contributed by atoms with van der Waals surface area (Å²) in [5, 5.41) is 16.0. The molecular weight excluding hydrogens is 936 g/mol. The molecule has 12 aromatic carbocycles. The van der Waals surface area contributed by atoms with Crippen molar-refractivity contribution in [1.29, 1.82) is 0 Å². The van der Waals surface area contributed by atoms with E-state index < -0.39 is 0 Å². The molecular formula is C68H56SiZr-4. The van der Waals surface area contributed by atoms with Gasteiger partial charge in [0.25, 0.3) is 0 Å². The largest absolute Gasteiger partial charge is 0.164 e. The molecule has 2 aliphatic rings. The van der Waals surface area contributed by atoms with Crippen molar-refractivity contribution in [3.05, 3.63) is 244 Å². The first-order chi connectivity index (χ1) is 33.7. The molecule has 0 N–H and O–H groups in total. The monoisotopic (exact) mass is 990 g/mol. The standard InChI is InChI=1S/2C33H25.2CH3.Si.Zr/c2*1-3-11-26-24(7-1)9-5-13-28(26)30-17-18-31(29-14-6-10-25-8-2-4-12-27(25)29)33-21-23(20-32(30)33)19-22-15-16-22;;;;/h2*1-14,17-18,20-22H,15-16,19H2;2*1H3;;/q4*-1;;. The second-order valence-electron chi connectivity index (χ2n) is 19.1. The van der Waals surface area contributed by atoms with Gasteiger partial charge in [0.2, 0.25) is 0 Å². The molecule has 2 heteroatoms. The first-order valence-electron chi connectivity index (χ1n) is 24.3. The van der Waals surface area contributed by atoms with Crippen molar-refractivity contribution < 1.29 is 23.3 Å². The molecule has 70 heavy (non-hydrogen) atoms. The van der Waals surface area contributed by atoms with Crippen LogP contribution >= 0.6 is 0 Å². The van der Waals surface area contributed by atoms with Crippen LogP contribution in [-0.4, -0.2) is 6.88 Å². The molecule has 2 aliphatic carbocycles. The average Bonchev–Trinajstić information content (AvgIpc) is 4.32. The van der Waals surface area contributed by atoms with Crippen LogP contribution in [0.1, 0.15) is 36.8 Å². The number of hydrogen-bond acceptors (Lipinski definition) is 0. The Morgan fingerprint density at radius 2 is 0.571 bits per heavy atom. The van der Waals surface area contributed by atoms with Gasteiger partial charge in [-0.15, -0.1) is 44.8 Å². The van der Waals surface area contributed by atoms with Gasteiger partial charge < -0.3 is 14.9 Å². The van der Waals surface area contributed by atoms with Crippen LogP contribution in [0.4, 0.5) is 0 Å². The molecule has 0 nitrogen and oxygen atoms in total. The van der Waals surface area contributed by atoms with Crippen molar-refractivity contribution in [3.63, 3.8) is 0 Å². The minimum atomic E-state index is 0. The second kappa shape index (κ2) is 20.5. The summed E-state index contributed by atoms with van der Waals surface area (Å²) in [6, 6.07) is 81.0. The van der Waals surface area contributed by atoms with Gasteiger partial charge in [-0.2, -0.15) is 12.1 Å². The van der Waals surface area contributed by atoms with Gasteiger partial charge in [-0.1, -0.05) is 228 Å². The van der Waals surface area contributed by atoms with Gasteiger partial charge in [-0.3, -0.25) is 0 Å². The van der Waals surface area contributed by atoms with Gasteiger partial charge in [0.15, 0.2) is 0 Å². The molecule has 0 atom stereocenters. The van der Waals surface area contributed by atoms with E-state index in [0.717, 1.165) is 11.8 Å². The van der Waals surface area contributed by atoms with E-state index in [1.165, 1.54) is 182 Å². The van der Waals surface area contributed by atoms with E-state index in [0.29, 0.717) is 0 Å². The summed E-state index contributed by atoms with van der Waals surface area (Å²) in [7, 11) is 0. The van der Waals surface area contributed by atoms with Gasteiger partial charge in [-0.05, 0) is 105 Å². The van der Waals surface area contributed by atoms with Gasteiger partial charge >= 0.3 is 30.2 Å². The summed E-state index contributed by atoms with van der Waals surface area (Å²) in [5.74, 6) is 1.76. The number of benzene rings is 10. The molecule has 0 aliphatic heterocycles. The zero-order valence-corrected chi connectivity index (χ0v) is 43.6. The Bertz CT molecular complexity index is 3310. The molecule has 2 radical (unpaired) electrons. The summed E-state index contributed by atoms with van der Waals surface area (Å²) in [6.07, 6.45) is 7.95. The van der Waals surface area contributed by atoms with Crippen LogP contribution in [0.15, 0.2) is 218 Å². The Labute approximate surface area is 431 Å². The first kappa shape index (κ1) is 47.2. The van der Waals surface area contributed by atoms with Gasteiger partial charge in [0.1, 0.15) is 0 Å². The summed E-state index contributed by atoms with van der Waals surface area (Å²) < 4.78 is 0. The van der Waals surface area contributed by atoms with Crippen molar-refractivity contribution in [2.75, 3.05) is 0 Å².